The molecule has 78 valence electrons. The van der Waals surface area contributed by atoms with Crippen molar-refractivity contribution in [1.29, 1.82) is 0 Å². The molecular weight excluding hydrogens is 180 g/mol. The molecule has 0 saturated carbocycles. The lowest BCUT2D eigenvalue weighted by Crippen LogP contribution is -2.26. The van der Waals surface area contributed by atoms with E-state index in [0.29, 0.717) is 0 Å². The Balaban J connectivity index is 1.76. The van der Waals surface area contributed by atoms with Gasteiger partial charge in [0.05, 0.1) is 18.9 Å². The van der Waals surface area contributed by atoms with Crippen LogP contribution in [0.1, 0.15) is 18.5 Å². The van der Waals surface area contributed by atoms with Gasteiger partial charge in [0.25, 0.3) is 0 Å². The minimum atomic E-state index is -0.0340. The number of aryl methyl sites for hydroxylation is 2. The van der Waals surface area contributed by atoms with Crippen molar-refractivity contribution in [3.8, 4) is 0 Å². The molecular formula is C10H16N2O2. The van der Waals surface area contributed by atoms with Gasteiger partial charge >= 0.3 is 0 Å². The normalized spacial score (nSPS) is 18.6. The smallest absolute Gasteiger partial charge is 0.159 e. The monoisotopic (exact) mass is 196 g/mol. The maximum Gasteiger partial charge on any atom is 0.159 e. The van der Waals surface area contributed by atoms with Crippen LogP contribution in [0.5, 0.6) is 0 Å². The summed E-state index contributed by atoms with van der Waals surface area (Å²) in [5, 5.41) is 4.30. The third-order valence-corrected chi connectivity index (χ3v) is 2.26. The van der Waals surface area contributed by atoms with Crippen LogP contribution < -0.4 is 0 Å². The number of hydrogen-bond donors (Lipinski definition) is 0. The minimum absolute atomic E-state index is 0.0340. The number of aromatic nitrogens is 2. The number of ether oxygens (including phenoxy) is 2. The fourth-order valence-corrected chi connectivity index (χ4v) is 1.53. The van der Waals surface area contributed by atoms with Crippen LogP contribution in [0.15, 0.2) is 12.3 Å². The molecule has 14 heavy (non-hydrogen) atoms. The standard InChI is InChI=1S/C10H16N2O2/c1-9-3-5-12(11-9)6-4-10-13-7-2-8-14-10/h3,5,10H,2,4,6-8H2,1H3. The summed E-state index contributed by atoms with van der Waals surface area (Å²) in [6, 6.07) is 2.00. The lowest BCUT2D eigenvalue weighted by atomic mass is 10.3. The number of rotatable bonds is 3. The Labute approximate surface area is 83.8 Å². The minimum Gasteiger partial charge on any atom is -0.353 e. The van der Waals surface area contributed by atoms with E-state index < -0.39 is 0 Å². The summed E-state index contributed by atoms with van der Waals surface area (Å²) in [7, 11) is 0. The molecule has 1 saturated heterocycles. The average Bonchev–Trinajstić information content (AvgIpc) is 2.63. The second-order valence-corrected chi connectivity index (χ2v) is 3.53. The van der Waals surface area contributed by atoms with Gasteiger partial charge in [-0.25, -0.2) is 0 Å². The van der Waals surface area contributed by atoms with Crippen molar-refractivity contribution in [3.05, 3.63) is 18.0 Å². The van der Waals surface area contributed by atoms with E-state index >= 15 is 0 Å². The zero-order valence-electron chi connectivity index (χ0n) is 8.48. The molecule has 4 heteroatoms. The summed E-state index contributed by atoms with van der Waals surface area (Å²) in [6.07, 6.45) is 3.84. The molecule has 0 aromatic carbocycles. The lowest BCUT2D eigenvalue weighted by molar-refractivity contribution is -0.182. The third-order valence-electron chi connectivity index (χ3n) is 2.26. The molecule has 4 nitrogen and oxygen atoms in total. The van der Waals surface area contributed by atoms with E-state index in [1.165, 1.54) is 0 Å². The first-order valence-corrected chi connectivity index (χ1v) is 5.08. The van der Waals surface area contributed by atoms with E-state index in [2.05, 4.69) is 5.10 Å². The van der Waals surface area contributed by atoms with E-state index in [9.17, 15) is 0 Å². The molecule has 2 rings (SSSR count). The van der Waals surface area contributed by atoms with Gasteiger partial charge in [-0.05, 0) is 19.4 Å². The zero-order chi connectivity index (χ0) is 9.80. The molecule has 0 unspecified atom stereocenters. The SMILES string of the molecule is Cc1ccn(CCC2OCCCO2)n1. The van der Waals surface area contributed by atoms with Crippen molar-refractivity contribution in [2.75, 3.05) is 13.2 Å². The summed E-state index contributed by atoms with van der Waals surface area (Å²) in [4.78, 5) is 0. The summed E-state index contributed by atoms with van der Waals surface area (Å²) in [5.41, 5.74) is 1.05. The Bertz CT molecular complexity index is 279. The topological polar surface area (TPSA) is 36.3 Å². The predicted octanol–water partition coefficient (Wildman–Crippen LogP) is 1.34. The molecule has 1 fully saturated rings. The zero-order valence-corrected chi connectivity index (χ0v) is 8.48. The van der Waals surface area contributed by atoms with Crippen LogP contribution >= 0.6 is 0 Å². The van der Waals surface area contributed by atoms with Crippen LogP contribution in [0.4, 0.5) is 0 Å². The van der Waals surface area contributed by atoms with Gasteiger partial charge in [0.15, 0.2) is 6.29 Å². The van der Waals surface area contributed by atoms with Crippen LogP contribution in [0.2, 0.25) is 0 Å². The van der Waals surface area contributed by atoms with Crippen LogP contribution in [0, 0.1) is 6.92 Å². The van der Waals surface area contributed by atoms with Gasteiger partial charge in [-0.3, -0.25) is 4.68 Å². The molecule has 0 bridgehead atoms. The quantitative estimate of drug-likeness (QED) is 0.732. The molecule has 1 aliphatic rings. The highest BCUT2D eigenvalue weighted by Gasteiger charge is 2.13. The van der Waals surface area contributed by atoms with Gasteiger partial charge in [0.1, 0.15) is 0 Å². The number of nitrogens with zero attached hydrogens (tertiary/aromatic N) is 2. The van der Waals surface area contributed by atoms with Gasteiger partial charge in [-0.2, -0.15) is 5.10 Å². The van der Waals surface area contributed by atoms with Gasteiger partial charge < -0.3 is 9.47 Å². The van der Waals surface area contributed by atoms with Crippen molar-refractivity contribution in [1.82, 2.24) is 9.78 Å². The Hall–Kier alpha value is -0.870. The molecule has 0 radical (unpaired) electrons. The van der Waals surface area contributed by atoms with E-state index in [-0.39, 0.29) is 6.29 Å². The second-order valence-electron chi connectivity index (χ2n) is 3.53. The van der Waals surface area contributed by atoms with Crippen LogP contribution in [-0.4, -0.2) is 29.3 Å². The molecule has 0 atom stereocenters. The van der Waals surface area contributed by atoms with Crippen LogP contribution in [0.3, 0.4) is 0 Å². The highest BCUT2D eigenvalue weighted by atomic mass is 16.7. The summed E-state index contributed by atoms with van der Waals surface area (Å²) < 4.78 is 12.8. The van der Waals surface area contributed by atoms with Gasteiger partial charge in [0, 0.05) is 19.2 Å². The first-order valence-electron chi connectivity index (χ1n) is 5.08. The Morgan fingerprint density at radius 1 is 1.50 bits per heavy atom. The fraction of sp³-hybridized carbons (Fsp3) is 0.700. The first-order chi connectivity index (χ1) is 6.84. The largest absolute Gasteiger partial charge is 0.353 e. The summed E-state index contributed by atoms with van der Waals surface area (Å²) in [5.74, 6) is 0. The Kier molecular flexibility index (Phi) is 3.16. The molecule has 0 spiro atoms. The molecule has 1 aromatic rings. The fourth-order valence-electron chi connectivity index (χ4n) is 1.53. The second kappa shape index (κ2) is 4.57. The van der Waals surface area contributed by atoms with Crippen LogP contribution in [0.25, 0.3) is 0 Å². The maximum atomic E-state index is 5.44. The lowest BCUT2D eigenvalue weighted by Gasteiger charge is -2.22. The maximum absolute atomic E-state index is 5.44. The van der Waals surface area contributed by atoms with Crippen molar-refractivity contribution in [2.24, 2.45) is 0 Å². The van der Waals surface area contributed by atoms with Crippen LogP contribution in [-0.2, 0) is 16.0 Å². The van der Waals surface area contributed by atoms with Crippen molar-refractivity contribution in [2.45, 2.75) is 32.6 Å². The predicted molar refractivity (Wildman–Crippen MR) is 51.9 cm³/mol. The Morgan fingerprint density at radius 2 is 2.29 bits per heavy atom. The van der Waals surface area contributed by atoms with Crippen molar-refractivity contribution >= 4 is 0 Å². The van der Waals surface area contributed by atoms with E-state index in [1.54, 1.807) is 0 Å². The van der Waals surface area contributed by atoms with Gasteiger partial charge in [0.2, 0.25) is 0 Å². The highest BCUT2D eigenvalue weighted by molar-refractivity contribution is 4.94. The molecule has 0 N–H and O–H groups in total. The highest BCUT2D eigenvalue weighted by Crippen LogP contribution is 2.09. The number of hydrogen-bond acceptors (Lipinski definition) is 3. The Morgan fingerprint density at radius 3 is 2.93 bits per heavy atom. The molecule has 1 aromatic heterocycles. The van der Waals surface area contributed by atoms with Gasteiger partial charge in [-0.15, -0.1) is 0 Å². The van der Waals surface area contributed by atoms with Crippen molar-refractivity contribution < 1.29 is 9.47 Å². The van der Waals surface area contributed by atoms with Crippen molar-refractivity contribution in [3.63, 3.8) is 0 Å². The molecule has 0 amide bonds. The average molecular weight is 196 g/mol. The van der Waals surface area contributed by atoms with E-state index in [4.69, 9.17) is 9.47 Å². The molecule has 1 aliphatic heterocycles. The van der Waals surface area contributed by atoms with Gasteiger partial charge in [-0.1, -0.05) is 0 Å². The molecule has 0 aliphatic carbocycles. The third kappa shape index (κ3) is 2.56. The molecule has 2 heterocycles. The van der Waals surface area contributed by atoms with E-state index in [0.717, 1.165) is 38.3 Å². The first kappa shape index (κ1) is 9.68. The van der Waals surface area contributed by atoms with E-state index in [1.807, 2.05) is 23.9 Å². The summed E-state index contributed by atoms with van der Waals surface area (Å²) in [6.45, 7) is 4.49. The summed E-state index contributed by atoms with van der Waals surface area (Å²) >= 11 is 0.